The summed E-state index contributed by atoms with van der Waals surface area (Å²) < 4.78 is 15.9. The smallest absolute Gasteiger partial charge is 0.129 e. The summed E-state index contributed by atoms with van der Waals surface area (Å²) >= 11 is 0. The molecule has 0 bridgehead atoms. The van der Waals surface area contributed by atoms with Gasteiger partial charge in [-0.25, -0.2) is 0 Å². The maximum atomic E-state index is 6.66. The standard InChI is InChI=1S/C58H46N4O/c1-35-7-11-37(12-8-35)15-17-39-19-23-43-47-31-57-49(33-55(47)59(3)51(43)27-39)45-25-21-41(29-53(45)61(57)5)63-42-22-26-46-50-34-56-48(32-58(50)62(6)54(46)30-42)44-24-20-40(28-52(44)60(56)4)18-16-38-13-9-36(2)10-14-38/h7-34H,1-6H3/b17-15+,18-16+. The molecule has 0 aliphatic heterocycles. The lowest BCUT2D eigenvalue weighted by molar-refractivity contribution is 0.484. The summed E-state index contributed by atoms with van der Waals surface area (Å²) in [6.07, 6.45) is 8.79. The highest BCUT2D eigenvalue weighted by atomic mass is 16.5. The van der Waals surface area contributed by atoms with Crippen LogP contribution < -0.4 is 4.74 Å². The van der Waals surface area contributed by atoms with Crippen molar-refractivity contribution in [1.29, 1.82) is 0 Å². The van der Waals surface area contributed by atoms with Crippen molar-refractivity contribution < 1.29 is 4.74 Å². The average Bonchev–Trinajstić information content (AvgIpc) is 3.94. The molecule has 0 saturated heterocycles. The molecule has 0 aliphatic carbocycles. The lowest BCUT2D eigenvalue weighted by Crippen LogP contribution is -1.90. The van der Waals surface area contributed by atoms with E-state index in [4.69, 9.17) is 4.74 Å². The largest absolute Gasteiger partial charge is 0.457 e. The fourth-order valence-electron chi connectivity index (χ4n) is 10.00. The molecule has 0 spiro atoms. The number of nitrogens with zero attached hydrogens (tertiary/aromatic N) is 4. The molecule has 4 heterocycles. The van der Waals surface area contributed by atoms with Crippen LogP contribution >= 0.6 is 0 Å². The van der Waals surface area contributed by atoms with Gasteiger partial charge in [-0.15, -0.1) is 0 Å². The van der Waals surface area contributed by atoms with Crippen LogP contribution in [0.2, 0.25) is 0 Å². The number of ether oxygens (including phenoxy) is 1. The first-order valence-corrected chi connectivity index (χ1v) is 21.7. The van der Waals surface area contributed by atoms with Crippen LogP contribution in [-0.2, 0) is 28.2 Å². The van der Waals surface area contributed by atoms with E-state index in [2.05, 4.69) is 230 Å². The third-order valence-corrected chi connectivity index (χ3v) is 13.6. The van der Waals surface area contributed by atoms with Gasteiger partial charge >= 0.3 is 0 Å². The maximum absolute atomic E-state index is 6.66. The van der Waals surface area contributed by atoms with Gasteiger partial charge in [-0.05, 0) is 96.8 Å². The minimum Gasteiger partial charge on any atom is -0.457 e. The molecule has 0 atom stereocenters. The second-order valence-electron chi connectivity index (χ2n) is 17.5. The highest BCUT2D eigenvalue weighted by Crippen LogP contribution is 2.40. The SMILES string of the molecule is Cc1ccc(/C=C/c2ccc3c4cc5c(cc4n(C)c3c2)c2ccc(Oc3ccc4c6cc7c(cc6n(C)c4c3)c3ccc(/C=C/c4ccc(C)cc4)cc3n7C)cc2n5C)cc1. The van der Waals surface area contributed by atoms with Crippen LogP contribution in [0.4, 0.5) is 0 Å². The third kappa shape index (κ3) is 5.91. The summed E-state index contributed by atoms with van der Waals surface area (Å²) in [6.45, 7) is 4.24. The second-order valence-corrected chi connectivity index (χ2v) is 17.5. The molecule has 0 amide bonds. The number of hydrogen-bond acceptors (Lipinski definition) is 1. The Labute approximate surface area is 365 Å². The summed E-state index contributed by atoms with van der Waals surface area (Å²) in [7, 11) is 8.69. The minimum absolute atomic E-state index is 0.818. The Morgan fingerprint density at radius 2 is 0.556 bits per heavy atom. The van der Waals surface area contributed by atoms with E-state index >= 15 is 0 Å². The molecule has 0 N–H and O–H groups in total. The lowest BCUT2D eigenvalue weighted by atomic mass is 10.1. The van der Waals surface area contributed by atoms with Crippen LogP contribution in [0.15, 0.2) is 146 Å². The van der Waals surface area contributed by atoms with Crippen LogP contribution in [-0.4, -0.2) is 18.3 Å². The first-order valence-electron chi connectivity index (χ1n) is 21.7. The van der Waals surface area contributed by atoms with Gasteiger partial charge in [0.05, 0.1) is 11.0 Å². The fraction of sp³-hybridized carbons (Fsp3) is 0.103. The highest BCUT2D eigenvalue weighted by molar-refractivity contribution is 6.19. The Bertz CT molecular complexity index is 3660. The fourth-order valence-corrected chi connectivity index (χ4v) is 10.00. The van der Waals surface area contributed by atoms with Crippen molar-refractivity contribution in [2.75, 3.05) is 0 Å². The van der Waals surface area contributed by atoms with Crippen molar-refractivity contribution >= 4 is 112 Å². The van der Waals surface area contributed by atoms with E-state index in [-0.39, 0.29) is 0 Å². The van der Waals surface area contributed by atoms with E-state index in [9.17, 15) is 0 Å². The number of aryl methyl sites for hydroxylation is 6. The van der Waals surface area contributed by atoms with Crippen molar-refractivity contribution in [2.24, 2.45) is 28.2 Å². The predicted octanol–water partition coefficient (Wildman–Crippen LogP) is 15.0. The number of benzene rings is 8. The van der Waals surface area contributed by atoms with Gasteiger partial charge < -0.3 is 23.0 Å². The topological polar surface area (TPSA) is 28.9 Å². The van der Waals surface area contributed by atoms with Crippen molar-refractivity contribution in [1.82, 2.24) is 18.3 Å². The van der Waals surface area contributed by atoms with Crippen LogP contribution in [0.25, 0.3) is 112 Å². The quantitative estimate of drug-likeness (QED) is 0.154. The van der Waals surface area contributed by atoms with Crippen molar-refractivity contribution in [3.8, 4) is 11.5 Å². The van der Waals surface area contributed by atoms with E-state index in [1.54, 1.807) is 0 Å². The van der Waals surface area contributed by atoms with E-state index in [0.717, 1.165) is 22.5 Å². The Hall–Kier alpha value is -7.76. The van der Waals surface area contributed by atoms with Gasteiger partial charge in [-0.1, -0.05) is 108 Å². The zero-order valence-corrected chi connectivity index (χ0v) is 36.4. The monoisotopic (exact) mass is 814 g/mol. The van der Waals surface area contributed by atoms with Gasteiger partial charge in [0.2, 0.25) is 0 Å². The molecule has 0 fully saturated rings. The molecule has 0 unspecified atom stereocenters. The van der Waals surface area contributed by atoms with Crippen molar-refractivity contribution in [2.45, 2.75) is 13.8 Å². The van der Waals surface area contributed by atoms with E-state index in [1.165, 1.54) is 110 Å². The molecule has 304 valence electrons. The molecule has 12 rings (SSSR count). The normalized spacial score (nSPS) is 12.5. The maximum Gasteiger partial charge on any atom is 0.129 e. The predicted molar refractivity (Wildman–Crippen MR) is 269 cm³/mol. The molecule has 0 saturated carbocycles. The van der Waals surface area contributed by atoms with Gasteiger partial charge in [0.15, 0.2) is 0 Å². The molecular weight excluding hydrogens is 769 g/mol. The van der Waals surface area contributed by atoms with E-state index < -0.39 is 0 Å². The molecular formula is C58H46N4O. The number of rotatable bonds is 6. The zero-order chi connectivity index (χ0) is 42.7. The summed E-state index contributed by atoms with van der Waals surface area (Å²) in [6, 6.07) is 53.3. The van der Waals surface area contributed by atoms with E-state index in [0.29, 0.717) is 0 Å². The Kier molecular flexibility index (Phi) is 8.16. The van der Waals surface area contributed by atoms with Crippen molar-refractivity contribution in [3.05, 3.63) is 179 Å². The number of hydrogen-bond donors (Lipinski definition) is 0. The minimum atomic E-state index is 0.818. The average molecular weight is 815 g/mol. The first-order chi connectivity index (χ1) is 30.6. The molecule has 8 aromatic carbocycles. The van der Waals surface area contributed by atoms with Crippen molar-refractivity contribution in [3.63, 3.8) is 0 Å². The lowest BCUT2D eigenvalue weighted by Gasteiger charge is -2.08. The zero-order valence-electron chi connectivity index (χ0n) is 36.4. The number of fused-ring (bicyclic) bond motifs is 12. The second kappa shape index (κ2) is 13.9. The third-order valence-electron chi connectivity index (χ3n) is 13.6. The molecule has 0 aliphatic rings. The van der Waals surface area contributed by atoms with Crippen LogP contribution in [0.1, 0.15) is 33.4 Å². The molecule has 4 aromatic heterocycles. The molecule has 63 heavy (non-hydrogen) atoms. The summed E-state index contributed by atoms with van der Waals surface area (Å²) in [5, 5.41) is 9.96. The van der Waals surface area contributed by atoms with Gasteiger partial charge in [-0.2, -0.15) is 0 Å². The van der Waals surface area contributed by atoms with Crippen LogP contribution in [0.5, 0.6) is 11.5 Å². The Morgan fingerprint density at radius 1 is 0.286 bits per heavy atom. The highest BCUT2D eigenvalue weighted by Gasteiger charge is 2.18. The summed E-state index contributed by atoms with van der Waals surface area (Å²) in [4.78, 5) is 0. The molecule has 5 nitrogen and oxygen atoms in total. The number of aromatic nitrogens is 4. The molecule has 12 aromatic rings. The van der Waals surface area contributed by atoms with Gasteiger partial charge in [0.1, 0.15) is 11.5 Å². The molecule has 0 radical (unpaired) electrons. The summed E-state index contributed by atoms with van der Waals surface area (Å²) in [5.74, 6) is 1.64. The first kappa shape index (κ1) is 37.0. The molecule has 5 heteroatoms. The van der Waals surface area contributed by atoms with Gasteiger partial charge in [0, 0.05) is 117 Å². The van der Waals surface area contributed by atoms with E-state index in [1.807, 2.05) is 0 Å². The van der Waals surface area contributed by atoms with Gasteiger partial charge in [-0.3, -0.25) is 0 Å². The Balaban J connectivity index is 0.860. The van der Waals surface area contributed by atoms with Crippen LogP contribution in [0, 0.1) is 13.8 Å². The van der Waals surface area contributed by atoms with Gasteiger partial charge in [0.25, 0.3) is 0 Å². The summed E-state index contributed by atoms with van der Waals surface area (Å²) in [5.41, 5.74) is 16.9. The Morgan fingerprint density at radius 3 is 0.905 bits per heavy atom. The van der Waals surface area contributed by atoms with Crippen LogP contribution in [0.3, 0.4) is 0 Å².